The molecule has 0 saturated carbocycles. The van der Waals surface area contributed by atoms with Crippen LogP contribution in [0.4, 0.5) is 0 Å². The van der Waals surface area contributed by atoms with Crippen LogP contribution in [0.25, 0.3) is 0 Å². The van der Waals surface area contributed by atoms with Crippen LogP contribution in [0.1, 0.15) is 40.5 Å². The molecular formula is C11H24N2O. The maximum Gasteiger partial charge on any atom is 0.0425 e. The van der Waals surface area contributed by atoms with E-state index in [1.165, 1.54) is 5.06 Å². The van der Waals surface area contributed by atoms with E-state index >= 15 is 0 Å². The maximum atomic E-state index is 10.1. The number of hydrogen-bond acceptors (Lipinski definition) is 3. The molecule has 0 atom stereocenters. The second-order valence-corrected chi connectivity index (χ2v) is 5.96. The summed E-state index contributed by atoms with van der Waals surface area (Å²) in [6, 6.07) is 0.559. The van der Waals surface area contributed by atoms with E-state index in [0.29, 0.717) is 6.04 Å². The van der Waals surface area contributed by atoms with Crippen LogP contribution in [-0.2, 0) is 0 Å². The molecule has 3 heteroatoms. The lowest BCUT2D eigenvalue weighted by Crippen LogP contribution is -2.62. The Labute approximate surface area is 87.7 Å². The molecule has 84 valence electrons. The molecule has 1 rings (SSSR count). The normalized spacial score (nSPS) is 28.3. The van der Waals surface area contributed by atoms with Gasteiger partial charge in [-0.05, 0) is 54.6 Å². The fourth-order valence-electron chi connectivity index (χ4n) is 2.58. The first-order valence-electron chi connectivity index (χ1n) is 5.32. The molecule has 1 heterocycles. The van der Waals surface area contributed by atoms with Gasteiger partial charge in [0.2, 0.25) is 0 Å². The largest absolute Gasteiger partial charge is 0.313 e. The third kappa shape index (κ3) is 2.10. The third-order valence-corrected chi connectivity index (χ3v) is 3.35. The van der Waals surface area contributed by atoms with E-state index < -0.39 is 0 Å². The second kappa shape index (κ2) is 3.47. The van der Waals surface area contributed by atoms with E-state index in [1.54, 1.807) is 0 Å². The number of hydrogen-bond donors (Lipinski definition) is 1. The van der Waals surface area contributed by atoms with Crippen molar-refractivity contribution in [2.24, 2.45) is 0 Å². The molecule has 0 aromatic rings. The quantitative estimate of drug-likeness (QED) is 0.701. The van der Waals surface area contributed by atoms with Crippen LogP contribution in [-0.4, -0.2) is 46.4 Å². The Morgan fingerprint density at radius 3 is 1.71 bits per heavy atom. The average Bonchev–Trinajstić information content (AvgIpc) is 1.98. The van der Waals surface area contributed by atoms with Gasteiger partial charge in [-0.15, -0.1) is 0 Å². The monoisotopic (exact) mass is 200 g/mol. The summed E-state index contributed by atoms with van der Waals surface area (Å²) in [4.78, 5) is 2.26. The molecule has 0 radical (unpaired) electrons. The first-order valence-corrected chi connectivity index (χ1v) is 5.32. The standard InChI is InChI=1S/C11H24N2O/c1-10(2)7-9(12(5)6)8-11(3,4)13(10)14/h9,14H,7-8H2,1-6H3. The maximum absolute atomic E-state index is 10.1. The molecule has 0 aromatic heterocycles. The minimum Gasteiger partial charge on any atom is -0.313 e. The summed E-state index contributed by atoms with van der Waals surface area (Å²) in [6.07, 6.45) is 2.03. The lowest BCUT2D eigenvalue weighted by molar-refractivity contribution is -0.250. The molecule has 0 aromatic carbocycles. The van der Waals surface area contributed by atoms with Crippen LogP contribution in [0.15, 0.2) is 0 Å². The van der Waals surface area contributed by atoms with Crippen molar-refractivity contribution in [3.05, 3.63) is 0 Å². The zero-order valence-electron chi connectivity index (χ0n) is 10.3. The summed E-state index contributed by atoms with van der Waals surface area (Å²) in [6.45, 7) is 8.41. The van der Waals surface area contributed by atoms with Crippen LogP contribution in [0.2, 0.25) is 0 Å². The zero-order chi connectivity index (χ0) is 11.1. The highest BCUT2D eigenvalue weighted by atomic mass is 16.5. The van der Waals surface area contributed by atoms with Crippen molar-refractivity contribution < 1.29 is 5.21 Å². The predicted octanol–water partition coefficient (Wildman–Crippen LogP) is 1.96. The van der Waals surface area contributed by atoms with E-state index in [4.69, 9.17) is 0 Å². The van der Waals surface area contributed by atoms with Crippen LogP contribution in [0.5, 0.6) is 0 Å². The Hall–Kier alpha value is -0.120. The van der Waals surface area contributed by atoms with E-state index in [1.807, 2.05) is 0 Å². The van der Waals surface area contributed by atoms with Crippen molar-refractivity contribution in [2.45, 2.75) is 57.7 Å². The van der Waals surface area contributed by atoms with Gasteiger partial charge in [-0.2, -0.15) is 5.06 Å². The Kier molecular flexibility index (Phi) is 2.96. The molecule has 1 aliphatic rings. The molecule has 1 aliphatic heterocycles. The molecule has 1 N–H and O–H groups in total. The van der Waals surface area contributed by atoms with Crippen LogP contribution in [0.3, 0.4) is 0 Å². The molecule has 0 unspecified atom stereocenters. The molecule has 1 saturated heterocycles. The lowest BCUT2D eigenvalue weighted by atomic mass is 9.78. The van der Waals surface area contributed by atoms with Crippen LogP contribution >= 0.6 is 0 Å². The molecule has 0 amide bonds. The van der Waals surface area contributed by atoms with Crippen molar-refractivity contribution in [3.8, 4) is 0 Å². The van der Waals surface area contributed by atoms with Gasteiger partial charge in [-0.3, -0.25) is 0 Å². The summed E-state index contributed by atoms with van der Waals surface area (Å²) >= 11 is 0. The van der Waals surface area contributed by atoms with Gasteiger partial charge in [-0.1, -0.05) is 0 Å². The van der Waals surface area contributed by atoms with Gasteiger partial charge in [0.1, 0.15) is 0 Å². The molecule has 0 aliphatic carbocycles. The highest BCUT2D eigenvalue weighted by Gasteiger charge is 2.45. The minimum atomic E-state index is -0.128. The Balaban J connectivity index is 2.86. The van der Waals surface area contributed by atoms with E-state index in [9.17, 15) is 5.21 Å². The Morgan fingerprint density at radius 2 is 1.43 bits per heavy atom. The molecule has 0 spiro atoms. The van der Waals surface area contributed by atoms with E-state index in [2.05, 4.69) is 46.7 Å². The van der Waals surface area contributed by atoms with Gasteiger partial charge in [0, 0.05) is 17.1 Å². The predicted molar refractivity (Wildman–Crippen MR) is 58.5 cm³/mol. The van der Waals surface area contributed by atoms with E-state index in [0.717, 1.165) is 12.8 Å². The van der Waals surface area contributed by atoms with Gasteiger partial charge in [0.15, 0.2) is 0 Å². The van der Waals surface area contributed by atoms with Gasteiger partial charge in [-0.25, -0.2) is 0 Å². The molecular weight excluding hydrogens is 176 g/mol. The first kappa shape index (κ1) is 12.0. The topological polar surface area (TPSA) is 26.7 Å². The van der Waals surface area contributed by atoms with Crippen molar-refractivity contribution in [1.29, 1.82) is 0 Å². The second-order valence-electron chi connectivity index (χ2n) is 5.96. The summed E-state index contributed by atoms with van der Waals surface area (Å²) in [7, 11) is 4.23. The summed E-state index contributed by atoms with van der Waals surface area (Å²) < 4.78 is 0. The fraction of sp³-hybridized carbons (Fsp3) is 1.00. The van der Waals surface area contributed by atoms with Crippen molar-refractivity contribution >= 4 is 0 Å². The van der Waals surface area contributed by atoms with Crippen molar-refractivity contribution in [3.63, 3.8) is 0 Å². The lowest BCUT2D eigenvalue weighted by Gasteiger charge is -2.52. The molecule has 14 heavy (non-hydrogen) atoms. The number of rotatable bonds is 1. The first-order chi connectivity index (χ1) is 6.17. The zero-order valence-corrected chi connectivity index (χ0v) is 10.3. The van der Waals surface area contributed by atoms with Gasteiger partial charge in [0.25, 0.3) is 0 Å². The number of hydroxylamine groups is 2. The van der Waals surface area contributed by atoms with Crippen molar-refractivity contribution in [2.75, 3.05) is 14.1 Å². The number of nitrogens with zero attached hydrogens (tertiary/aromatic N) is 2. The highest BCUT2D eigenvalue weighted by Crippen LogP contribution is 2.37. The Morgan fingerprint density at radius 1 is 1.07 bits per heavy atom. The average molecular weight is 200 g/mol. The molecule has 0 bridgehead atoms. The third-order valence-electron chi connectivity index (χ3n) is 3.35. The van der Waals surface area contributed by atoms with Gasteiger partial charge >= 0.3 is 0 Å². The van der Waals surface area contributed by atoms with Gasteiger partial charge in [0.05, 0.1) is 0 Å². The summed E-state index contributed by atoms with van der Waals surface area (Å²) in [5.74, 6) is 0. The summed E-state index contributed by atoms with van der Waals surface area (Å²) in [5, 5.41) is 11.6. The molecule has 1 fully saturated rings. The van der Waals surface area contributed by atoms with Gasteiger partial charge < -0.3 is 10.1 Å². The van der Waals surface area contributed by atoms with Crippen LogP contribution < -0.4 is 0 Å². The minimum absolute atomic E-state index is 0.128. The fourth-order valence-corrected chi connectivity index (χ4v) is 2.58. The van der Waals surface area contributed by atoms with Crippen molar-refractivity contribution in [1.82, 2.24) is 9.96 Å². The summed E-state index contributed by atoms with van der Waals surface area (Å²) in [5.41, 5.74) is -0.257. The Bertz CT molecular complexity index is 193. The number of piperidine rings is 1. The van der Waals surface area contributed by atoms with E-state index in [-0.39, 0.29) is 11.1 Å². The van der Waals surface area contributed by atoms with Crippen LogP contribution in [0, 0.1) is 0 Å². The smallest absolute Gasteiger partial charge is 0.0425 e. The highest BCUT2D eigenvalue weighted by molar-refractivity contribution is 4.98. The SMILES string of the molecule is CN(C)C1CC(C)(C)N(O)C(C)(C)C1. The molecule has 3 nitrogen and oxygen atoms in total.